The first-order valence-corrected chi connectivity index (χ1v) is 12.3. The molecule has 4 aromatic rings. The van der Waals surface area contributed by atoms with Crippen molar-refractivity contribution in [3.05, 3.63) is 88.0 Å². The number of hydrogen-bond acceptors (Lipinski definition) is 6. The quantitative estimate of drug-likeness (QED) is 0.329. The molecule has 1 atom stereocenters. The minimum absolute atomic E-state index is 0.0733. The Kier molecular flexibility index (Phi) is 6.51. The maximum atomic E-state index is 15.3. The Balaban J connectivity index is 1.79. The van der Waals surface area contributed by atoms with Gasteiger partial charge in [0.2, 0.25) is 11.8 Å². The van der Waals surface area contributed by atoms with Crippen LogP contribution in [0.2, 0.25) is 5.02 Å². The Morgan fingerprint density at radius 1 is 1.18 bits per heavy atom. The second kappa shape index (κ2) is 9.80. The summed E-state index contributed by atoms with van der Waals surface area (Å²) in [5.74, 6) is -0.305. The van der Waals surface area contributed by atoms with Gasteiger partial charge in [-0.3, -0.25) is 9.69 Å². The van der Waals surface area contributed by atoms with Gasteiger partial charge in [0.25, 0.3) is 5.91 Å². The van der Waals surface area contributed by atoms with E-state index in [0.717, 1.165) is 5.56 Å². The van der Waals surface area contributed by atoms with Crippen LogP contribution in [-0.2, 0) is 0 Å². The van der Waals surface area contributed by atoms with Crippen LogP contribution in [0.3, 0.4) is 0 Å². The van der Waals surface area contributed by atoms with Gasteiger partial charge in [0, 0.05) is 19.3 Å². The first-order chi connectivity index (χ1) is 18.3. The van der Waals surface area contributed by atoms with Gasteiger partial charge in [-0.05, 0) is 49.7 Å². The van der Waals surface area contributed by atoms with Gasteiger partial charge in [-0.15, -0.1) is 0 Å². The molecule has 0 radical (unpaired) electrons. The van der Waals surface area contributed by atoms with E-state index in [-0.39, 0.29) is 22.7 Å². The molecular weight excluding hydrogens is 507 g/mol. The Morgan fingerprint density at radius 2 is 1.92 bits per heavy atom. The lowest BCUT2D eigenvalue weighted by Gasteiger charge is -2.29. The van der Waals surface area contributed by atoms with Crippen LogP contribution in [0.4, 0.5) is 16.0 Å². The predicted octanol–water partition coefficient (Wildman–Crippen LogP) is 5.99. The number of benzene rings is 2. The molecular formula is C28H24ClFN6O2. The van der Waals surface area contributed by atoms with Crippen molar-refractivity contribution in [3.8, 4) is 23.2 Å². The molecule has 0 fully saturated rings. The molecule has 0 spiro atoms. The Hall–Kier alpha value is -4.42. The SMILES string of the molecule is CNc1ncc(-c2cc3c(n2C(C)C)C(c2ccc(C#N)cc2)N(c2cccc(Cl)c2F)C3=O)c(OC)n1. The fourth-order valence-corrected chi connectivity index (χ4v) is 5.08. The van der Waals surface area contributed by atoms with Gasteiger partial charge in [0.15, 0.2) is 5.82 Å². The molecule has 5 rings (SSSR count). The molecule has 1 unspecified atom stereocenters. The molecule has 3 heterocycles. The fourth-order valence-electron chi connectivity index (χ4n) is 4.92. The van der Waals surface area contributed by atoms with Crippen molar-refractivity contribution >= 4 is 29.1 Å². The predicted molar refractivity (Wildman–Crippen MR) is 143 cm³/mol. The summed E-state index contributed by atoms with van der Waals surface area (Å²) in [6.45, 7) is 4.00. The minimum atomic E-state index is -0.683. The van der Waals surface area contributed by atoms with Crippen LogP contribution in [0.5, 0.6) is 5.88 Å². The normalized spacial score (nSPS) is 14.5. The van der Waals surface area contributed by atoms with Crippen molar-refractivity contribution in [3.63, 3.8) is 0 Å². The van der Waals surface area contributed by atoms with Crippen molar-refractivity contribution < 1.29 is 13.9 Å². The first-order valence-electron chi connectivity index (χ1n) is 11.9. The monoisotopic (exact) mass is 530 g/mol. The van der Waals surface area contributed by atoms with Gasteiger partial charge in [0.05, 0.1) is 52.0 Å². The van der Waals surface area contributed by atoms with Gasteiger partial charge >= 0.3 is 0 Å². The molecule has 0 saturated carbocycles. The van der Waals surface area contributed by atoms with Gasteiger partial charge in [-0.25, -0.2) is 9.37 Å². The number of halogens is 2. The number of nitrogens with zero attached hydrogens (tertiary/aromatic N) is 5. The molecule has 1 aliphatic heterocycles. The van der Waals surface area contributed by atoms with Crippen LogP contribution in [0.25, 0.3) is 11.3 Å². The highest BCUT2D eigenvalue weighted by Crippen LogP contribution is 2.47. The third-order valence-electron chi connectivity index (χ3n) is 6.55. The number of anilines is 2. The smallest absolute Gasteiger partial charge is 0.261 e. The molecule has 0 aliphatic carbocycles. The Bertz CT molecular complexity index is 1590. The third-order valence-corrected chi connectivity index (χ3v) is 6.84. The molecule has 1 amide bonds. The zero-order valence-electron chi connectivity index (χ0n) is 21.2. The van der Waals surface area contributed by atoms with Crippen LogP contribution in [0, 0.1) is 17.1 Å². The van der Waals surface area contributed by atoms with E-state index in [2.05, 4.69) is 21.4 Å². The lowest BCUT2D eigenvalue weighted by atomic mass is 10.0. The van der Waals surface area contributed by atoms with Crippen molar-refractivity contribution in [2.75, 3.05) is 24.4 Å². The highest BCUT2D eigenvalue weighted by Gasteiger charge is 2.44. The summed E-state index contributed by atoms with van der Waals surface area (Å²) in [5.41, 5.74) is 3.68. The first kappa shape index (κ1) is 25.2. The molecule has 2 aromatic carbocycles. The lowest BCUT2D eigenvalue weighted by molar-refractivity contribution is 0.0992. The molecule has 1 N–H and O–H groups in total. The second-order valence-corrected chi connectivity index (χ2v) is 9.45. The number of nitrogens with one attached hydrogen (secondary N) is 1. The summed E-state index contributed by atoms with van der Waals surface area (Å²) in [5, 5.41) is 12.1. The molecule has 192 valence electrons. The number of amides is 1. The van der Waals surface area contributed by atoms with E-state index in [4.69, 9.17) is 16.3 Å². The van der Waals surface area contributed by atoms with Crippen molar-refractivity contribution in [1.29, 1.82) is 5.26 Å². The van der Waals surface area contributed by atoms with E-state index >= 15 is 4.39 Å². The Labute approximate surface area is 224 Å². The number of rotatable bonds is 6. The lowest BCUT2D eigenvalue weighted by Crippen LogP contribution is -2.30. The molecule has 10 heteroatoms. The zero-order chi connectivity index (χ0) is 27.1. The molecule has 38 heavy (non-hydrogen) atoms. The highest BCUT2D eigenvalue weighted by molar-refractivity contribution is 6.31. The molecule has 0 saturated heterocycles. The maximum Gasteiger partial charge on any atom is 0.261 e. The van der Waals surface area contributed by atoms with Crippen LogP contribution in [0.15, 0.2) is 54.7 Å². The largest absolute Gasteiger partial charge is 0.480 e. The van der Waals surface area contributed by atoms with E-state index < -0.39 is 11.9 Å². The van der Waals surface area contributed by atoms with Crippen molar-refractivity contribution in [2.45, 2.75) is 25.9 Å². The van der Waals surface area contributed by atoms with Gasteiger partial charge in [-0.1, -0.05) is 29.8 Å². The number of hydrogen-bond donors (Lipinski definition) is 1. The van der Waals surface area contributed by atoms with E-state index in [1.807, 2.05) is 18.4 Å². The number of fused-ring (bicyclic) bond motifs is 1. The van der Waals surface area contributed by atoms with Gasteiger partial charge in [0.1, 0.15) is 6.04 Å². The van der Waals surface area contributed by atoms with Gasteiger partial charge in [-0.2, -0.15) is 10.2 Å². The minimum Gasteiger partial charge on any atom is -0.480 e. The van der Waals surface area contributed by atoms with E-state index in [9.17, 15) is 10.1 Å². The van der Waals surface area contributed by atoms with E-state index in [0.29, 0.717) is 39.9 Å². The maximum absolute atomic E-state index is 15.3. The molecule has 0 bridgehead atoms. The third kappa shape index (κ3) is 3.94. The van der Waals surface area contributed by atoms with E-state index in [1.54, 1.807) is 49.6 Å². The second-order valence-electron chi connectivity index (χ2n) is 9.04. The van der Waals surface area contributed by atoms with E-state index in [1.165, 1.54) is 24.1 Å². The van der Waals surface area contributed by atoms with Gasteiger partial charge < -0.3 is 14.6 Å². The van der Waals surface area contributed by atoms with Crippen molar-refractivity contribution in [2.24, 2.45) is 0 Å². The van der Waals surface area contributed by atoms with Crippen LogP contribution >= 0.6 is 11.6 Å². The van der Waals surface area contributed by atoms with Crippen LogP contribution in [0.1, 0.15) is 53.1 Å². The number of methoxy groups -OCH3 is 1. The summed E-state index contributed by atoms with van der Waals surface area (Å²) >= 11 is 6.12. The average molecular weight is 531 g/mol. The number of aromatic nitrogens is 3. The fraction of sp³-hybridized carbons (Fsp3) is 0.214. The number of nitriles is 1. The summed E-state index contributed by atoms with van der Waals surface area (Å²) in [4.78, 5) is 24.2. The van der Waals surface area contributed by atoms with Crippen LogP contribution < -0.4 is 15.0 Å². The molecule has 1 aliphatic rings. The standard InChI is InChI=1S/C28H24ClFN6O2/c1-15(2)35-22(19-14-33-28(32-3)34-26(19)38-4)12-18-25(35)24(17-10-8-16(13-31)9-11-17)36(27(18)37)21-7-5-6-20(29)23(21)30/h5-12,14-15,24H,1-4H3,(H,32,33,34). The number of carbonyl (C=O) groups excluding carboxylic acids is 1. The summed E-state index contributed by atoms with van der Waals surface area (Å²) in [6.07, 6.45) is 1.65. The molecule has 2 aromatic heterocycles. The topological polar surface area (TPSA) is 96.1 Å². The number of ether oxygens (including phenoxy) is 1. The van der Waals surface area contributed by atoms with Crippen molar-refractivity contribution in [1.82, 2.24) is 14.5 Å². The molecule has 8 nitrogen and oxygen atoms in total. The summed E-state index contributed by atoms with van der Waals surface area (Å²) < 4.78 is 22.9. The summed E-state index contributed by atoms with van der Waals surface area (Å²) in [6, 6.07) is 14.6. The highest BCUT2D eigenvalue weighted by atomic mass is 35.5. The average Bonchev–Trinajstić information content (AvgIpc) is 3.45. The van der Waals surface area contributed by atoms with Crippen LogP contribution in [-0.4, -0.2) is 34.6 Å². The number of carbonyl (C=O) groups is 1. The Morgan fingerprint density at radius 3 is 2.55 bits per heavy atom. The summed E-state index contributed by atoms with van der Waals surface area (Å²) in [7, 11) is 3.24. The zero-order valence-corrected chi connectivity index (χ0v) is 21.9.